The van der Waals surface area contributed by atoms with Crippen molar-refractivity contribution in [2.24, 2.45) is 11.8 Å². The minimum Gasteiger partial charge on any atom is -0.389 e. The molecule has 4 atom stereocenters. The number of halogens is 1. The second kappa shape index (κ2) is 11.6. The number of hydrogen-bond acceptors (Lipinski definition) is 4. The highest BCUT2D eigenvalue weighted by Crippen LogP contribution is 2.47. The van der Waals surface area contributed by atoms with E-state index < -0.39 is 41.0 Å². The predicted octanol–water partition coefficient (Wildman–Crippen LogP) is 5.89. The summed E-state index contributed by atoms with van der Waals surface area (Å²) in [4.78, 5) is 41.2. The molecule has 3 aromatic carbocycles. The number of carbonyl (C=O) groups excluding carboxylic acids is 3. The van der Waals surface area contributed by atoms with Crippen molar-refractivity contribution in [1.82, 2.24) is 0 Å². The van der Waals surface area contributed by atoms with Gasteiger partial charge in [-0.25, -0.2) is 0 Å². The Hall–Kier alpha value is -3.29. The molecule has 0 saturated heterocycles. The van der Waals surface area contributed by atoms with Crippen LogP contribution in [-0.2, 0) is 27.2 Å². The summed E-state index contributed by atoms with van der Waals surface area (Å²) in [5, 5.41) is 17.4. The van der Waals surface area contributed by atoms with Crippen molar-refractivity contribution in [3.8, 4) is 0 Å². The first-order chi connectivity index (χ1) is 18.2. The molecule has 0 radical (unpaired) electrons. The molecule has 4 rings (SSSR count). The van der Waals surface area contributed by atoms with Gasteiger partial charge in [-0.1, -0.05) is 78.3 Å². The maximum Gasteiger partial charge on any atom is 0.235 e. The molecule has 0 spiro atoms. The predicted molar refractivity (Wildman–Crippen MR) is 153 cm³/mol. The zero-order valence-electron chi connectivity index (χ0n) is 21.8. The molecule has 0 bridgehead atoms. The van der Waals surface area contributed by atoms with E-state index in [2.05, 4.69) is 26.6 Å². The van der Waals surface area contributed by atoms with E-state index in [1.54, 1.807) is 18.2 Å². The number of hydrogen-bond donors (Lipinski definition) is 3. The number of Topliss-reactive ketones (excluding diaryl/α,β-unsaturated/α-hetero) is 1. The average Bonchev–Trinajstić information content (AvgIpc) is 2.88. The molecule has 2 amide bonds. The molecule has 198 valence electrons. The minimum absolute atomic E-state index is 0.305. The number of benzene rings is 3. The minimum atomic E-state index is -1.65. The van der Waals surface area contributed by atoms with Gasteiger partial charge in [-0.05, 0) is 60.7 Å². The van der Waals surface area contributed by atoms with E-state index in [0.717, 1.165) is 15.6 Å². The highest BCUT2D eigenvalue weighted by molar-refractivity contribution is 9.10. The van der Waals surface area contributed by atoms with Gasteiger partial charge in [0.2, 0.25) is 11.8 Å². The number of rotatable bonds is 7. The van der Waals surface area contributed by atoms with E-state index in [1.807, 2.05) is 68.4 Å². The fraction of sp³-hybridized carbons (Fsp3) is 0.323. The molecule has 1 aliphatic rings. The summed E-state index contributed by atoms with van der Waals surface area (Å²) in [6.07, 6.45) is 1.12. The van der Waals surface area contributed by atoms with Crippen molar-refractivity contribution in [3.63, 3.8) is 0 Å². The molecule has 1 saturated carbocycles. The number of amides is 2. The van der Waals surface area contributed by atoms with Gasteiger partial charge in [0, 0.05) is 28.2 Å². The smallest absolute Gasteiger partial charge is 0.235 e. The normalized spacial score (nSPS) is 23.1. The highest BCUT2D eigenvalue weighted by Gasteiger charge is 2.56. The molecule has 0 aliphatic heterocycles. The summed E-state index contributed by atoms with van der Waals surface area (Å²) in [7, 11) is 0. The van der Waals surface area contributed by atoms with Crippen LogP contribution in [0.3, 0.4) is 0 Å². The van der Waals surface area contributed by atoms with Crippen LogP contribution in [0.2, 0.25) is 0 Å². The fourth-order valence-electron chi connectivity index (χ4n) is 5.50. The van der Waals surface area contributed by atoms with Crippen LogP contribution in [0.4, 0.5) is 11.4 Å². The first kappa shape index (κ1) is 27.7. The number of anilines is 2. The largest absolute Gasteiger partial charge is 0.389 e. The zero-order valence-corrected chi connectivity index (χ0v) is 23.4. The van der Waals surface area contributed by atoms with Gasteiger partial charge in [0.15, 0.2) is 0 Å². The van der Waals surface area contributed by atoms with Crippen LogP contribution in [0.15, 0.2) is 77.3 Å². The van der Waals surface area contributed by atoms with Crippen molar-refractivity contribution in [2.75, 3.05) is 10.6 Å². The lowest BCUT2D eigenvalue weighted by molar-refractivity contribution is -0.150. The summed E-state index contributed by atoms with van der Waals surface area (Å²) in [6, 6.07) is 22.2. The molecule has 1 aliphatic carbocycles. The molecule has 7 heteroatoms. The van der Waals surface area contributed by atoms with Crippen molar-refractivity contribution >= 4 is 44.9 Å². The summed E-state index contributed by atoms with van der Waals surface area (Å²) >= 11 is 3.44. The third-order valence-corrected chi connectivity index (χ3v) is 7.93. The number of carbonyl (C=O) groups is 3. The highest BCUT2D eigenvalue weighted by atomic mass is 79.9. The van der Waals surface area contributed by atoms with Crippen molar-refractivity contribution < 1.29 is 19.5 Å². The number of aliphatic hydroxyl groups is 1. The summed E-state index contributed by atoms with van der Waals surface area (Å²) < 4.78 is 0.825. The van der Waals surface area contributed by atoms with Crippen LogP contribution < -0.4 is 10.6 Å². The first-order valence-corrected chi connectivity index (χ1v) is 13.7. The molecule has 6 nitrogen and oxygen atoms in total. The fourth-order valence-corrected chi connectivity index (χ4v) is 5.76. The summed E-state index contributed by atoms with van der Waals surface area (Å²) in [5.74, 6) is -4.38. The summed E-state index contributed by atoms with van der Waals surface area (Å²) in [5.41, 5.74) is 2.17. The van der Waals surface area contributed by atoms with Crippen LogP contribution in [0.5, 0.6) is 0 Å². The molecule has 3 N–H and O–H groups in total. The Balaban J connectivity index is 1.78. The summed E-state index contributed by atoms with van der Waals surface area (Å²) in [6.45, 7) is 5.50. The Bertz CT molecular complexity index is 1340. The maximum atomic E-state index is 13.9. The molecular formula is C31H33BrN2O4. The lowest BCUT2D eigenvalue weighted by atomic mass is 9.61. The molecule has 3 aromatic rings. The van der Waals surface area contributed by atoms with Gasteiger partial charge in [0.05, 0.1) is 11.5 Å². The van der Waals surface area contributed by atoms with Crippen molar-refractivity contribution in [3.05, 3.63) is 94.0 Å². The molecule has 38 heavy (non-hydrogen) atoms. The second-order valence-electron chi connectivity index (χ2n) is 10.0. The standard InChI is InChI=1S/C31H33BrN2O4/c1-4-19-10-6-8-12-23(19)33-29(36)27-25(35)18-31(3,38)28(26(27)21-14-16-22(32)17-15-21)30(37)34-24-13-9-7-11-20(24)5-2/h6-17,26-28,38H,4-5,18H2,1-3H3,(H,33,36)(H,34,37). The van der Waals surface area contributed by atoms with Gasteiger partial charge in [0.1, 0.15) is 11.7 Å². The van der Waals surface area contributed by atoms with Crippen LogP contribution in [-0.4, -0.2) is 28.3 Å². The lowest BCUT2D eigenvalue weighted by Crippen LogP contribution is -2.56. The maximum absolute atomic E-state index is 13.9. The Morgan fingerprint density at radius 1 is 0.868 bits per heavy atom. The van der Waals surface area contributed by atoms with Crippen LogP contribution in [0.25, 0.3) is 0 Å². The topological polar surface area (TPSA) is 95.5 Å². The first-order valence-electron chi connectivity index (χ1n) is 12.9. The second-order valence-corrected chi connectivity index (χ2v) is 10.9. The lowest BCUT2D eigenvalue weighted by Gasteiger charge is -2.44. The van der Waals surface area contributed by atoms with E-state index in [1.165, 1.54) is 6.92 Å². The van der Waals surface area contributed by atoms with Gasteiger partial charge in [-0.3, -0.25) is 14.4 Å². The number of nitrogens with one attached hydrogen (secondary N) is 2. The van der Waals surface area contributed by atoms with Crippen molar-refractivity contribution in [1.29, 1.82) is 0 Å². The molecule has 1 fully saturated rings. The Morgan fingerprint density at radius 3 is 1.89 bits per heavy atom. The van der Waals surface area contributed by atoms with Crippen LogP contribution in [0.1, 0.15) is 49.8 Å². The Kier molecular flexibility index (Phi) is 8.48. The third kappa shape index (κ3) is 5.74. The third-order valence-electron chi connectivity index (χ3n) is 7.40. The van der Waals surface area contributed by atoms with Gasteiger partial charge in [-0.2, -0.15) is 0 Å². The van der Waals surface area contributed by atoms with E-state index in [4.69, 9.17) is 0 Å². The van der Waals surface area contributed by atoms with Gasteiger partial charge < -0.3 is 15.7 Å². The van der Waals surface area contributed by atoms with Crippen LogP contribution >= 0.6 is 15.9 Å². The van der Waals surface area contributed by atoms with E-state index in [-0.39, 0.29) is 6.42 Å². The quantitative estimate of drug-likeness (QED) is 0.305. The van der Waals surface area contributed by atoms with Gasteiger partial charge in [-0.15, -0.1) is 0 Å². The van der Waals surface area contributed by atoms with E-state index in [0.29, 0.717) is 29.8 Å². The number of ketones is 1. The van der Waals surface area contributed by atoms with E-state index >= 15 is 0 Å². The monoisotopic (exact) mass is 576 g/mol. The molecular weight excluding hydrogens is 544 g/mol. The zero-order chi connectivity index (χ0) is 27.4. The van der Waals surface area contributed by atoms with Crippen molar-refractivity contribution in [2.45, 2.75) is 51.6 Å². The number of para-hydroxylation sites is 2. The molecule has 0 aromatic heterocycles. The number of aryl methyl sites for hydroxylation is 2. The van der Waals surface area contributed by atoms with Gasteiger partial charge >= 0.3 is 0 Å². The molecule has 0 heterocycles. The van der Waals surface area contributed by atoms with E-state index in [9.17, 15) is 19.5 Å². The molecule has 4 unspecified atom stereocenters. The Labute approximate surface area is 232 Å². The average molecular weight is 578 g/mol. The van der Waals surface area contributed by atoms with Gasteiger partial charge in [0.25, 0.3) is 0 Å². The van der Waals surface area contributed by atoms with Crippen LogP contribution in [0, 0.1) is 11.8 Å². The Morgan fingerprint density at radius 2 is 1.37 bits per heavy atom. The SMILES string of the molecule is CCc1ccccc1NC(=O)C1C(=O)CC(C)(O)C(C(=O)Nc2ccccc2CC)C1c1ccc(Br)cc1.